The fraction of sp³-hybridized carbons (Fsp3) is 0.118. The van der Waals surface area contributed by atoms with Gasteiger partial charge in [0.2, 0.25) is 0 Å². The van der Waals surface area contributed by atoms with Crippen molar-refractivity contribution in [3.8, 4) is 11.3 Å². The summed E-state index contributed by atoms with van der Waals surface area (Å²) in [5, 5.41) is 10.3. The maximum absolute atomic E-state index is 12.4. The van der Waals surface area contributed by atoms with Crippen molar-refractivity contribution in [2.45, 2.75) is 13.3 Å². The highest BCUT2D eigenvalue weighted by atomic mass is 16.1. The standard InChI is InChI=1S/C17H16N4O/c1-2-14-16(19-17(22)13-9-6-10-18-11-13)15(21-20-14)12-7-4-3-5-8-12/h3-11H,2H2,1H3,(H,19,22)(H,20,21). The number of hydrogen-bond donors (Lipinski definition) is 2. The van der Waals surface area contributed by atoms with Crippen LogP contribution in [0, 0.1) is 0 Å². The van der Waals surface area contributed by atoms with Crippen molar-refractivity contribution in [2.24, 2.45) is 0 Å². The first-order valence-electron chi connectivity index (χ1n) is 7.13. The number of H-pyrrole nitrogens is 1. The topological polar surface area (TPSA) is 70.7 Å². The Morgan fingerprint density at radius 2 is 2.00 bits per heavy atom. The number of anilines is 1. The summed E-state index contributed by atoms with van der Waals surface area (Å²) in [6.07, 6.45) is 3.94. The summed E-state index contributed by atoms with van der Waals surface area (Å²) in [5.41, 5.74) is 3.85. The first-order valence-corrected chi connectivity index (χ1v) is 7.13. The molecular formula is C17H16N4O. The van der Waals surface area contributed by atoms with Crippen LogP contribution in [0.15, 0.2) is 54.9 Å². The molecule has 22 heavy (non-hydrogen) atoms. The summed E-state index contributed by atoms with van der Waals surface area (Å²) in [5.74, 6) is -0.193. The summed E-state index contributed by atoms with van der Waals surface area (Å²) in [6, 6.07) is 13.2. The normalized spacial score (nSPS) is 10.4. The number of rotatable bonds is 4. The average molecular weight is 292 g/mol. The monoisotopic (exact) mass is 292 g/mol. The number of hydrogen-bond acceptors (Lipinski definition) is 3. The summed E-state index contributed by atoms with van der Waals surface area (Å²) < 4.78 is 0. The minimum Gasteiger partial charge on any atom is -0.318 e. The molecule has 0 aliphatic rings. The Kier molecular flexibility index (Phi) is 3.96. The molecule has 0 unspecified atom stereocenters. The summed E-state index contributed by atoms with van der Waals surface area (Å²) in [4.78, 5) is 16.3. The second-order valence-electron chi connectivity index (χ2n) is 4.84. The van der Waals surface area contributed by atoms with Gasteiger partial charge in [-0.25, -0.2) is 0 Å². The summed E-state index contributed by atoms with van der Waals surface area (Å²) >= 11 is 0. The smallest absolute Gasteiger partial charge is 0.257 e. The minimum absolute atomic E-state index is 0.193. The van der Waals surface area contributed by atoms with E-state index in [4.69, 9.17) is 0 Å². The van der Waals surface area contributed by atoms with Gasteiger partial charge in [0.15, 0.2) is 0 Å². The summed E-state index contributed by atoms with van der Waals surface area (Å²) in [7, 11) is 0. The number of aromatic nitrogens is 3. The number of pyridine rings is 1. The van der Waals surface area contributed by atoms with Crippen LogP contribution in [0.1, 0.15) is 23.0 Å². The average Bonchev–Trinajstić information content (AvgIpc) is 2.99. The third-order valence-electron chi connectivity index (χ3n) is 3.40. The predicted octanol–water partition coefficient (Wildman–Crippen LogP) is 3.29. The molecular weight excluding hydrogens is 276 g/mol. The number of aromatic amines is 1. The second kappa shape index (κ2) is 6.22. The van der Waals surface area contributed by atoms with Crippen LogP contribution >= 0.6 is 0 Å². The fourth-order valence-electron chi connectivity index (χ4n) is 2.26. The van der Waals surface area contributed by atoms with Crippen molar-refractivity contribution in [1.29, 1.82) is 0 Å². The minimum atomic E-state index is -0.193. The van der Waals surface area contributed by atoms with E-state index in [1.54, 1.807) is 24.5 Å². The van der Waals surface area contributed by atoms with Gasteiger partial charge in [0.1, 0.15) is 5.69 Å². The molecule has 3 aromatic rings. The SMILES string of the molecule is CCc1[nH]nc(-c2ccccc2)c1NC(=O)c1cccnc1. The van der Waals surface area contributed by atoms with Gasteiger partial charge in [0.05, 0.1) is 16.9 Å². The molecule has 5 heteroatoms. The Morgan fingerprint density at radius 1 is 1.18 bits per heavy atom. The Morgan fingerprint density at radius 3 is 2.68 bits per heavy atom. The molecule has 2 aromatic heterocycles. The molecule has 0 fully saturated rings. The van der Waals surface area contributed by atoms with Crippen LogP contribution in [0.2, 0.25) is 0 Å². The van der Waals surface area contributed by atoms with Gasteiger partial charge in [-0.05, 0) is 18.6 Å². The van der Waals surface area contributed by atoms with Gasteiger partial charge in [-0.1, -0.05) is 37.3 Å². The lowest BCUT2D eigenvalue weighted by atomic mass is 10.1. The van der Waals surface area contributed by atoms with Crippen molar-refractivity contribution in [3.63, 3.8) is 0 Å². The third-order valence-corrected chi connectivity index (χ3v) is 3.40. The number of benzene rings is 1. The number of nitrogens with zero attached hydrogens (tertiary/aromatic N) is 2. The Hall–Kier alpha value is -2.95. The number of nitrogens with one attached hydrogen (secondary N) is 2. The highest BCUT2D eigenvalue weighted by molar-refractivity contribution is 6.06. The molecule has 1 aromatic carbocycles. The van der Waals surface area contributed by atoms with Crippen LogP contribution in [0.25, 0.3) is 11.3 Å². The largest absolute Gasteiger partial charge is 0.318 e. The zero-order chi connectivity index (χ0) is 15.4. The lowest BCUT2D eigenvalue weighted by molar-refractivity contribution is 0.102. The quantitative estimate of drug-likeness (QED) is 0.775. The molecule has 3 rings (SSSR count). The maximum Gasteiger partial charge on any atom is 0.257 e. The molecule has 110 valence electrons. The molecule has 0 atom stereocenters. The Labute approximate surface area is 128 Å². The molecule has 0 saturated carbocycles. The Balaban J connectivity index is 1.96. The van der Waals surface area contributed by atoms with E-state index in [1.165, 1.54) is 0 Å². The maximum atomic E-state index is 12.4. The van der Waals surface area contributed by atoms with Crippen LogP contribution in [-0.4, -0.2) is 21.1 Å². The number of carbonyl (C=O) groups is 1. The van der Waals surface area contributed by atoms with Crippen molar-refractivity contribution in [3.05, 3.63) is 66.1 Å². The van der Waals surface area contributed by atoms with Crippen molar-refractivity contribution in [2.75, 3.05) is 5.32 Å². The zero-order valence-electron chi connectivity index (χ0n) is 12.2. The highest BCUT2D eigenvalue weighted by Gasteiger charge is 2.17. The lowest BCUT2D eigenvalue weighted by Gasteiger charge is -2.07. The lowest BCUT2D eigenvalue weighted by Crippen LogP contribution is -2.13. The Bertz CT molecular complexity index is 766. The van der Waals surface area contributed by atoms with Gasteiger partial charge in [0.25, 0.3) is 5.91 Å². The van der Waals surface area contributed by atoms with Crippen molar-refractivity contribution < 1.29 is 4.79 Å². The van der Waals surface area contributed by atoms with E-state index >= 15 is 0 Å². The van der Waals surface area contributed by atoms with Gasteiger partial charge in [-0.15, -0.1) is 0 Å². The first kappa shape index (κ1) is 14.0. The van der Waals surface area contributed by atoms with Crippen LogP contribution in [0.3, 0.4) is 0 Å². The summed E-state index contributed by atoms with van der Waals surface area (Å²) in [6.45, 7) is 2.02. The molecule has 0 aliphatic carbocycles. The predicted molar refractivity (Wildman–Crippen MR) is 85.6 cm³/mol. The van der Waals surface area contributed by atoms with E-state index < -0.39 is 0 Å². The molecule has 0 spiro atoms. The van der Waals surface area contributed by atoms with E-state index in [2.05, 4.69) is 20.5 Å². The highest BCUT2D eigenvalue weighted by Crippen LogP contribution is 2.29. The number of aryl methyl sites for hydroxylation is 1. The van der Waals surface area contributed by atoms with E-state index in [0.29, 0.717) is 5.56 Å². The molecule has 1 amide bonds. The van der Waals surface area contributed by atoms with E-state index in [9.17, 15) is 4.79 Å². The van der Waals surface area contributed by atoms with Gasteiger partial charge in [0, 0.05) is 18.0 Å². The van der Waals surface area contributed by atoms with Crippen molar-refractivity contribution in [1.82, 2.24) is 15.2 Å². The third kappa shape index (κ3) is 2.74. The van der Waals surface area contributed by atoms with Crippen LogP contribution in [0.5, 0.6) is 0 Å². The van der Waals surface area contributed by atoms with Crippen LogP contribution in [0.4, 0.5) is 5.69 Å². The van der Waals surface area contributed by atoms with E-state index in [-0.39, 0.29) is 5.91 Å². The van der Waals surface area contributed by atoms with Gasteiger partial charge >= 0.3 is 0 Å². The van der Waals surface area contributed by atoms with Crippen LogP contribution in [-0.2, 0) is 6.42 Å². The molecule has 0 bridgehead atoms. The van der Waals surface area contributed by atoms with Crippen molar-refractivity contribution >= 4 is 11.6 Å². The van der Waals surface area contributed by atoms with E-state index in [1.807, 2.05) is 37.3 Å². The van der Waals surface area contributed by atoms with E-state index in [0.717, 1.165) is 29.1 Å². The van der Waals surface area contributed by atoms with Gasteiger partial charge in [-0.2, -0.15) is 5.10 Å². The molecule has 0 saturated heterocycles. The van der Waals surface area contributed by atoms with Crippen LogP contribution < -0.4 is 5.32 Å². The first-order chi connectivity index (χ1) is 10.8. The number of amides is 1. The molecule has 0 aliphatic heterocycles. The number of carbonyl (C=O) groups excluding carboxylic acids is 1. The molecule has 5 nitrogen and oxygen atoms in total. The molecule has 0 radical (unpaired) electrons. The fourth-order valence-corrected chi connectivity index (χ4v) is 2.26. The van der Waals surface area contributed by atoms with Gasteiger partial charge in [-0.3, -0.25) is 14.9 Å². The molecule has 2 N–H and O–H groups in total. The second-order valence-corrected chi connectivity index (χ2v) is 4.84. The zero-order valence-corrected chi connectivity index (χ0v) is 12.2. The van der Waals surface area contributed by atoms with Gasteiger partial charge < -0.3 is 5.32 Å². The molecule has 2 heterocycles.